The lowest BCUT2D eigenvalue weighted by Crippen LogP contribution is -2.52. The van der Waals surface area contributed by atoms with Crippen LogP contribution in [0.4, 0.5) is 4.79 Å². The van der Waals surface area contributed by atoms with Crippen molar-refractivity contribution in [2.45, 2.75) is 45.4 Å². The van der Waals surface area contributed by atoms with Crippen LogP contribution < -0.4 is 5.43 Å². The SMILES string of the molecule is CC(C)(C)OC(=O)NN(Cc1ccccc1)[C@@H](CCO)C(=O)O. The standard InChI is InChI=1S/C16H24N2O5/c1-16(2,3)23-15(22)17-18(13(9-10-19)14(20)21)11-12-7-5-4-6-8-12/h4-8,13,19H,9-11H2,1-3H3,(H,17,22)(H,20,21)/t13-/m0/s1. The molecule has 0 aliphatic heterocycles. The van der Waals surface area contributed by atoms with Gasteiger partial charge in [0.2, 0.25) is 0 Å². The smallest absolute Gasteiger partial charge is 0.422 e. The molecule has 0 bridgehead atoms. The van der Waals surface area contributed by atoms with Gasteiger partial charge in [-0.2, -0.15) is 5.01 Å². The van der Waals surface area contributed by atoms with Gasteiger partial charge in [-0.1, -0.05) is 30.3 Å². The average Bonchev–Trinajstić information content (AvgIpc) is 2.42. The number of hydrazine groups is 1. The van der Waals surface area contributed by atoms with E-state index < -0.39 is 23.7 Å². The van der Waals surface area contributed by atoms with Crippen molar-refractivity contribution in [2.24, 2.45) is 0 Å². The van der Waals surface area contributed by atoms with Crippen LogP contribution in [0, 0.1) is 0 Å². The molecule has 0 unspecified atom stereocenters. The molecule has 0 aliphatic carbocycles. The minimum absolute atomic E-state index is 0.0159. The van der Waals surface area contributed by atoms with Crippen molar-refractivity contribution in [3.8, 4) is 0 Å². The van der Waals surface area contributed by atoms with Gasteiger partial charge in [0.1, 0.15) is 11.6 Å². The van der Waals surface area contributed by atoms with E-state index in [-0.39, 0.29) is 19.6 Å². The molecule has 1 aromatic carbocycles. The molecular weight excluding hydrogens is 300 g/mol. The fraction of sp³-hybridized carbons (Fsp3) is 0.500. The number of carboxylic acid groups (broad SMARTS) is 1. The van der Waals surface area contributed by atoms with Crippen molar-refractivity contribution in [2.75, 3.05) is 6.61 Å². The van der Waals surface area contributed by atoms with Gasteiger partial charge in [-0.25, -0.2) is 4.79 Å². The summed E-state index contributed by atoms with van der Waals surface area (Å²) < 4.78 is 5.17. The fourth-order valence-electron chi connectivity index (χ4n) is 1.96. The zero-order chi connectivity index (χ0) is 17.5. The second-order valence-corrected chi connectivity index (χ2v) is 6.09. The monoisotopic (exact) mass is 324 g/mol. The van der Waals surface area contributed by atoms with E-state index in [0.29, 0.717) is 0 Å². The van der Waals surface area contributed by atoms with Gasteiger partial charge in [-0.15, -0.1) is 0 Å². The Labute approximate surface area is 135 Å². The summed E-state index contributed by atoms with van der Waals surface area (Å²) in [7, 11) is 0. The molecule has 1 rings (SSSR count). The first-order valence-electron chi connectivity index (χ1n) is 7.37. The summed E-state index contributed by atoms with van der Waals surface area (Å²) in [6.07, 6.45) is -0.754. The second kappa shape index (κ2) is 8.50. The Bertz CT molecular complexity index is 513. The van der Waals surface area contributed by atoms with Gasteiger partial charge < -0.3 is 14.9 Å². The molecule has 0 radical (unpaired) electrons. The molecule has 1 atom stereocenters. The summed E-state index contributed by atoms with van der Waals surface area (Å²) in [5.41, 5.74) is 2.60. The normalized spacial score (nSPS) is 12.7. The van der Waals surface area contributed by atoms with E-state index in [1.54, 1.807) is 20.8 Å². The number of aliphatic hydroxyl groups excluding tert-OH is 1. The quantitative estimate of drug-likeness (QED) is 0.661. The Kier molecular flexibility index (Phi) is 6.99. The number of nitrogens with one attached hydrogen (secondary N) is 1. The number of ether oxygens (including phenoxy) is 1. The number of benzene rings is 1. The number of carbonyl (C=O) groups is 2. The van der Waals surface area contributed by atoms with E-state index in [2.05, 4.69) is 5.43 Å². The first kappa shape index (κ1) is 18.9. The van der Waals surface area contributed by atoms with E-state index in [1.165, 1.54) is 5.01 Å². The predicted octanol–water partition coefficient (Wildman–Crippen LogP) is 1.76. The van der Waals surface area contributed by atoms with Crippen LogP contribution in [0.25, 0.3) is 0 Å². The van der Waals surface area contributed by atoms with Gasteiger partial charge >= 0.3 is 12.1 Å². The van der Waals surface area contributed by atoms with Crippen LogP contribution in [0.15, 0.2) is 30.3 Å². The molecule has 0 aromatic heterocycles. The van der Waals surface area contributed by atoms with Crippen LogP contribution in [-0.2, 0) is 16.1 Å². The zero-order valence-corrected chi connectivity index (χ0v) is 13.7. The lowest BCUT2D eigenvalue weighted by Gasteiger charge is -2.30. The number of aliphatic carboxylic acids is 1. The topological polar surface area (TPSA) is 99.1 Å². The summed E-state index contributed by atoms with van der Waals surface area (Å²) in [4.78, 5) is 23.4. The van der Waals surface area contributed by atoms with Crippen molar-refractivity contribution >= 4 is 12.1 Å². The summed E-state index contributed by atoms with van der Waals surface area (Å²) in [6, 6.07) is 8.07. The van der Waals surface area contributed by atoms with Crippen LogP contribution in [0.2, 0.25) is 0 Å². The Morgan fingerprint density at radius 3 is 2.35 bits per heavy atom. The van der Waals surface area contributed by atoms with Crippen LogP contribution >= 0.6 is 0 Å². The Morgan fingerprint density at radius 2 is 1.87 bits per heavy atom. The highest BCUT2D eigenvalue weighted by Gasteiger charge is 2.28. The van der Waals surface area contributed by atoms with Gasteiger partial charge in [0.05, 0.1) is 0 Å². The van der Waals surface area contributed by atoms with Crippen LogP contribution in [-0.4, -0.2) is 45.5 Å². The molecule has 1 aromatic rings. The molecular formula is C16H24N2O5. The Hall–Kier alpha value is -2.12. The fourth-order valence-corrected chi connectivity index (χ4v) is 1.96. The van der Waals surface area contributed by atoms with Crippen molar-refractivity contribution in [3.63, 3.8) is 0 Å². The minimum atomic E-state index is -1.13. The maximum Gasteiger partial charge on any atom is 0.422 e. The van der Waals surface area contributed by atoms with Crippen LogP contribution in [0.3, 0.4) is 0 Å². The molecule has 7 heteroatoms. The lowest BCUT2D eigenvalue weighted by atomic mass is 10.1. The third-order valence-electron chi connectivity index (χ3n) is 2.89. The molecule has 128 valence electrons. The van der Waals surface area contributed by atoms with Crippen molar-refractivity contribution in [1.29, 1.82) is 0 Å². The first-order valence-corrected chi connectivity index (χ1v) is 7.37. The number of aliphatic hydroxyl groups is 1. The largest absolute Gasteiger partial charge is 0.480 e. The second-order valence-electron chi connectivity index (χ2n) is 6.09. The Balaban J connectivity index is 2.90. The van der Waals surface area contributed by atoms with Gasteiger partial charge in [-0.3, -0.25) is 10.2 Å². The van der Waals surface area contributed by atoms with Gasteiger partial charge in [0.25, 0.3) is 0 Å². The van der Waals surface area contributed by atoms with E-state index in [9.17, 15) is 14.7 Å². The highest BCUT2D eigenvalue weighted by atomic mass is 16.6. The van der Waals surface area contributed by atoms with E-state index in [0.717, 1.165) is 5.56 Å². The molecule has 0 heterocycles. The zero-order valence-electron chi connectivity index (χ0n) is 13.7. The summed E-state index contributed by atoms with van der Waals surface area (Å²) in [5.74, 6) is -1.13. The molecule has 23 heavy (non-hydrogen) atoms. The number of amides is 1. The van der Waals surface area contributed by atoms with Gasteiger partial charge in [0.15, 0.2) is 0 Å². The van der Waals surface area contributed by atoms with E-state index >= 15 is 0 Å². The number of hydrogen-bond donors (Lipinski definition) is 3. The molecule has 7 nitrogen and oxygen atoms in total. The van der Waals surface area contributed by atoms with Gasteiger partial charge in [-0.05, 0) is 32.8 Å². The van der Waals surface area contributed by atoms with Crippen molar-refractivity contribution in [3.05, 3.63) is 35.9 Å². The van der Waals surface area contributed by atoms with E-state index in [1.807, 2.05) is 30.3 Å². The number of carboxylic acids is 1. The number of carbonyl (C=O) groups excluding carboxylic acids is 1. The first-order chi connectivity index (χ1) is 10.7. The average molecular weight is 324 g/mol. The maximum absolute atomic E-state index is 12.0. The summed E-state index contributed by atoms with van der Waals surface area (Å²) in [5, 5.41) is 19.7. The lowest BCUT2D eigenvalue weighted by molar-refractivity contribution is -0.145. The Morgan fingerprint density at radius 1 is 1.26 bits per heavy atom. The maximum atomic E-state index is 12.0. The number of hydrogen-bond acceptors (Lipinski definition) is 5. The number of nitrogens with zero attached hydrogens (tertiary/aromatic N) is 1. The minimum Gasteiger partial charge on any atom is -0.480 e. The molecule has 0 spiro atoms. The molecule has 1 amide bonds. The highest BCUT2D eigenvalue weighted by molar-refractivity contribution is 5.74. The third-order valence-corrected chi connectivity index (χ3v) is 2.89. The highest BCUT2D eigenvalue weighted by Crippen LogP contribution is 2.11. The van der Waals surface area contributed by atoms with Crippen molar-refractivity contribution < 1.29 is 24.5 Å². The third kappa shape index (κ3) is 7.12. The molecule has 3 N–H and O–H groups in total. The van der Waals surface area contributed by atoms with Crippen molar-refractivity contribution in [1.82, 2.24) is 10.4 Å². The number of rotatable bonds is 7. The molecule has 0 saturated carbocycles. The molecule has 0 fully saturated rings. The molecule has 0 saturated heterocycles. The predicted molar refractivity (Wildman–Crippen MR) is 84.5 cm³/mol. The summed E-state index contributed by atoms with van der Waals surface area (Å²) >= 11 is 0. The van der Waals surface area contributed by atoms with Crippen LogP contribution in [0.5, 0.6) is 0 Å². The van der Waals surface area contributed by atoms with E-state index in [4.69, 9.17) is 9.84 Å². The van der Waals surface area contributed by atoms with Gasteiger partial charge in [0, 0.05) is 13.2 Å². The van der Waals surface area contributed by atoms with Crippen LogP contribution in [0.1, 0.15) is 32.8 Å². The summed E-state index contributed by atoms with van der Waals surface area (Å²) in [6.45, 7) is 5.03. The molecule has 0 aliphatic rings.